The number of morpholine rings is 1. The highest BCUT2D eigenvalue weighted by Crippen LogP contribution is 2.28. The Balaban J connectivity index is 1.35. The summed E-state index contributed by atoms with van der Waals surface area (Å²) in [5.74, 6) is -0.0607. The molecule has 0 radical (unpaired) electrons. The lowest BCUT2D eigenvalue weighted by Crippen LogP contribution is -2.43. The first-order chi connectivity index (χ1) is 14.3. The highest BCUT2D eigenvalue weighted by Gasteiger charge is 2.23. The zero-order chi connectivity index (χ0) is 19.9. The lowest BCUT2D eigenvalue weighted by Gasteiger charge is -2.34. The summed E-state index contributed by atoms with van der Waals surface area (Å²) in [6, 6.07) is 18.9. The van der Waals surface area contributed by atoms with Crippen molar-refractivity contribution in [3.63, 3.8) is 0 Å². The van der Waals surface area contributed by atoms with Gasteiger partial charge in [-0.1, -0.05) is 36.4 Å². The number of nitrogens with one attached hydrogen (secondary N) is 1. The van der Waals surface area contributed by atoms with Gasteiger partial charge < -0.3 is 10.1 Å². The number of ether oxygens (including phenoxy) is 1. The van der Waals surface area contributed by atoms with Gasteiger partial charge in [0, 0.05) is 40.3 Å². The SMILES string of the molecule is O=C(/C=C/c1ccc(-c2ccccc2)s1)NC[C@H](c1cccs1)N1CCOCC1. The van der Waals surface area contributed by atoms with Gasteiger partial charge in [0.25, 0.3) is 0 Å². The molecule has 1 amide bonds. The predicted octanol–water partition coefficient (Wildman–Crippen LogP) is 4.68. The van der Waals surface area contributed by atoms with E-state index in [4.69, 9.17) is 4.74 Å². The molecule has 150 valence electrons. The molecule has 1 aliphatic rings. The van der Waals surface area contributed by atoms with Crippen LogP contribution in [0.4, 0.5) is 0 Å². The van der Waals surface area contributed by atoms with E-state index < -0.39 is 0 Å². The molecule has 0 saturated carbocycles. The average molecular weight is 425 g/mol. The Morgan fingerprint density at radius 1 is 1.10 bits per heavy atom. The van der Waals surface area contributed by atoms with Crippen LogP contribution in [0.2, 0.25) is 0 Å². The second-order valence-corrected chi connectivity index (χ2v) is 8.92. The summed E-state index contributed by atoms with van der Waals surface area (Å²) in [6.45, 7) is 3.89. The topological polar surface area (TPSA) is 41.6 Å². The third-order valence-electron chi connectivity index (χ3n) is 4.91. The molecule has 2 aromatic heterocycles. The lowest BCUT2D eigenvalue weighted by atomic mass is 10.2. The molecule has 0 spiro atoms. The molecule has 1 aromatic carbocycles. The van der Waals surface area contributed by atoms with Crippen LogP contribution in [0.1, 0.15) is 15.8 Å². The van der Waals surface area contributed by atoms with Crippen LogP contribution in [-0.4, -0.2) is 43.7 Å². The monoisotopic (exact) mass is 424 g/mol. The second-order valence-electron chi connectivity index (χ2n) is 6.83. The summed E-state index contributed by atoms with van der Waals surface area (Å²) >= 11 is 3.42. The molecule has 29 heavy (non-hydrogen) atoms. The van der Waals surface area contributed by atoms with E-state index in [0.717, 1.165) is 31.2 Å². The van der Waals surface area contributed by atoms with Crippen molar-refractivity contribution >= 4 is 34.7 Å². The van der Waals surface area contributed by atoms with Gasteiger partial charge in [0.1, 0.15) is 0 Å². The van der Waals surface area contributed by atoms with Gasteiger partial charge in [0.15, 0.2) is 0 Å². The minimum atomic E-state index is -0.0607. The third kappa shape index (κ3) is 5.42. The maximum Gasteiger partial charge on any atom is 0.244 e. The van der Waals surface area contributed by atoms with Gasteiger partial charge in [-0.25, -0.2) is 0 Å². The Labute approximate surface area is 179 Å². The number of hydrogen-bond donors (Lipinski definition) is 1. The number of thiophene rings is 2. The van der Waals surface area contributed by atoms with Crippen LogP contribution in [0.3, 0.4) is 0 Å². The van der Waals surface area contributed by atoms with Crippen LogP contribution in [-0.2, 0) is 9.53 Å². The van der Waals surface area contributed by atoms with Crippen molar-refractivity contribution in [1.29, 1.82) is 0 Å². The van der Waals surface area contributed by atoms with E-state index in [9.17, 15) is 4.79 Å². The maximum absolute atomic E-state index is 12.4. The zero-order valence-corrected chi connectivity index (χ0v) is 17.8. The van der Waals surface area contributed by atoms with E-state index in [2.05, 4.69) is 52.0 Å². The molecule has 3 heterocycles. The van der Waals surface area contributed by atoms with Gasteiger partial charge in [0.05, 0.1) is 19.3 Å². The normalized spacial score (nSPS) is 16.1. The highest BCUT2D eigenvalue weighted by molar-refractivity contribution is 7.16. The van der Waals surface area contributed by atoms with E-state index in [0.29, 0.717) is 6.54 Å². The summed E-state index contributed by atoms with van der Waals surface area (Å²) in [5.41, 5.74) is 1.20. The van der Waals surface area contributed by atoms with Crippen LogP contribution in [0.5, 0.6) is 0 Å². The molecule has 3 aromatic rings. The first-order valence-electron chi connectivity index (χ1n) is 9.76. The van der Waals surface area contributed by atoms with Gasteiger partial charge in [-0.3, -0.25) is 9.69 Å². The number of amides is 1. The first-order valence-corrected chi connectivity index (χ1v) is 11.5. The van der Waals surface area contributed by atoms with Gasteiger partial charge in [0.2, 0.25) is 5.91 Å². The summed E-state index contributed by atoms with van der Waals surface area (Å²) < 4.78 is 5.48. The van der Waals surface area contributed by atoms with Crippen LogP contribution < -0.4 is 5.32 Å². The molecule has 0 aliphatic carbocycles. The van der Waals surface area contributed by atoms with Crippen LogP contribution in [0.15, 0.2) is 66.1 Å². The minimum Gasteiger partial charge on any atom is -0.379 e. The second kappa shape index (κ2) is 9.98. The Hall–Kier alpha value is -2.25. The van der Waals surface area contributed by atoms with E-state index >= 15 is 0 Å². The zero-order valence-electron chi connectivity index (χ0n) is 16.1. The van der Waals surface area contributed by atoms with E-state index in [-0.39, 0.29) is 11.9 Å². The molecule has 1 atom stereocenters. The third-order valence-corrected chi connectivity index (χ3v) is 6.98. The largest absolute Gasteiger partial charge is 0.379 e. The molecule has 1 aliphatic heterocycles. The van der Waals surface area contributed by atoms with Gasteiger partial charge in [-0.15, -0.1) is 22.7 Å². The van der Waals surface area contributed by atoms with Crippen LogP contribution >= 0.6 is 22.7 Å². The van der Waals surface area contributed by atoms with Crippen molar-refractivity contribution in [3.8, 4) is 10.4 Å². The molecular formula is C23H24N2O2S2. The standard InChI is InChI=1S/C23H24N2O2S2/c26-23(11-9-19-8-10-21(29-19)18-5-2-1-3-6-18)24-17-20(22-7-4-16-28-22)25-12-14-27-15-13-25/h1-11,16,20H,12-15,17H2,(H,24,26)/b11-9+/t20-/m1/s1. The number of hydrogen-bond acceptors (Lipinski definition) is 5. The first kappa shape index (κ1) is 20.0. The van der Waals surface area contributed by atoms with Gasteiger partial charge in [-0.2, -0.15) is 0 Å². The summed E-state index contributed by atoms with van der Waals surface area (Å²) in [5, 5.41) is 5.17. The lowest BCUT2D eigenvalue weighted by molar-refractivity contribution is -0.116. The predicted molar refractivity (Wildman–Crippen MR) is 121 cm³/mol. The smallest absolute Gasteiger partial charge is 0.244 e. The van der Waals surface area contributed by atoms with Crippen molar-refractivity contribution in [2.75, 3.05) is 32.8 Å². The number of nitrogens with zero attached hydrogens (tertiary/aromatic N) is 1. The molecule has 1 fully saturated rings. The van der Waals surface area contributed by atoms with E-state index in [1.165, 1.54) is 15.3 Å². The molecule has 1 saturated heterocycles. The average Bonchev–Trinajstić information content (AvgIpc) is 3.46. The minimum absolute atomic E-state index is 0.0607. The van der Waals surface area contributed by atoms with Crippen molar-refractivity contribution < 1.29 is 9.53 Å². The quantitative estimate of drug-likeness (QED) is 0.560. The molecule has 6 heteroatoms. The van der Waals surface area contributed by atoms with E-state index in [1.807, 2.05) is 24.3 Å². The summed E-state index contributed by atoms with van der Waals surface area (Å²) in [7, 11) is 0. The Morgan fingerprint density at radius 2 is 1.93 bits per heavy atom. The van der Waals surface area contributed by atoms with Crippen molar-refractivity contribution in [2.45, 2.75) is 6.04 Å². The van der Waals surface area contributed by atoms with Crippen molar-refractivity contribution in [1.82, 2.24) is 10.2 Å². The summed E-state index contributed by atoms with van der Waals surface area (Å²) in [4.78, 5) is 18.4. The fourth-order valence-electron chi connectivity index (χ4n) is 3.39. The number of rotatable bonds is 7. The molecule has 0 unspecified atom stereocenters. The molecule has 4 nitrogen and oxygen atoms in total. The number of benzene rings is 1. The summed E-state index contributed by atoms with van der Waals surface area (Å²) in [6.07, 6.45) is 3.52. The molecule has 1 N–H and O–H groups in total. The van der Waals surface area contributed by atoms with Crippen molar-refractivity contribution in [3.05, 3.63) is 75.8 Å². The number of carbonyl (C=O) groups is 1. The van der Waals surface area contributed by atoms with Gasteiger partial charge >= 0.3 is 0 Å². The molecule has 4 rings (SSSR count). The molecule has 0 bridgehead atoms. The highest BCUT2D eigenvalue weighted by atomic mass is 32.1. The van der Waals surface area contributed by atoms with Crippen LogP contribution in [0, 0.1) is 0 Å². The Morgan fingerprint density at radius 3 is 2.69 bits per heavy atom. The van der Waals surface area contributed by atoms with E-state index in [1.54, 1.807) is 28.7 Å². The number of carbonyl (C=O) groups excluding carboxylic acids is 1. The van der Waals surface area contributed by atoms with Crippen LogP contribution in [0.25, 0.3) is 16.5 Å². The fourth-order valence-corrected chi connectivity index (χ4v) is 5.17. The maximum atomic E-state index is 12.4. The van der Waals surface area contributed by atoms with Gasteiger partial charge in [-0.05, 0) is 35.2 Å². The Bertz CT molecular complexity index is 929. The fraction of sp³-hybridized carbons (Fsp3) is 0.261. The Kier molecular flexibility index (Phi) is 6.90. The van der Waals surface area contributed by atoms with Crippen molar-refractivity contribution in [2.24, 2.45) is 0 Å². The molecular weight excluding hydrogens is 400 g/mol.